The standard InChI is InChI=1S/C14H18N2O4S/c1-10(2)15-8-11-9-19-14(16-11)20-12-5-4-6-13(7-12)21(3,17)18/h4-7,9-10,15H,8H2,1-3H3. The second kappa shape index (κ2) is 6.28. The van der Waals surface area contributed by atoms with Crippen molar-refractivity contribution in [3.05, 3.63) is 36.2 Å². The van der Waals surface area contributed by atoms with Gasteiger partial charge in [-0.3, -0.25) is 0 Å². The number of hydrogen-bond acceptors (Lipinski definition) is 6. The van der Waals surface area contributed by atoms with Crippen LogP contribution in [0.2, 0.25) is 0 Å². The lowest BCUT2D eigenvalue weighted by Gasteiger charge is -2.04. The lowest BCUT2D eigenvalue weighted by Crippen LogP contribution is -2.21. The number of sulfone groups is 1. The number of nitrogens with one attached hydrogen (secondary N) is 1. The molecular formula is C14H18N2O4S. The predicted molar refractivity (Wildman–Crippen MR) is 78.1 cm³/mol. The molecule has 0 aliphatic carbocycles. The predicted octanol–water partition coefficient (Wildman–Crippen LogP) is 2.37. The van der Waals surface area contributed by atoms with Crippen LogP contribution in [0.25, 0.3) is 0 Å². The Morgan fingerprint density at radius 3 is 2.81 bits per heavy atom. The van der Waals surface area contributed by atoms with E-state index in [9.17, 15) is 8.42 Å². The molecule has 0 aliphatic heterocycles. The topological polar surface area (TPSA) is 81.4 Å². The van der Waals surface area contributed by atoms with E-state index in [2.05, 4.69) is 10.3 Å². The molecule has 0 fully saturated rings. The molecule has 0 spiro atoms. The average Bonchev–Trinajstić information content (AvgIpc) is 2.83. The molecule has 2 rings (SSSR count). The number of rotatable bonds is 6. The first-order valence-electron chi connectivity index (χ1n) is 6.50. The minimum absolute atomic E-state index is 0.0845. The highest BCUT2D eigenvalue weighted by Crippen LogP contribution is 2.23. The minimum Gasteiger partial charge on any atom is -0.417 e. The van der Waals surface area contributed by atoms with Crippen LogP contribution in [0.4, 0.5) is 0 Å². The Bertz CT molecular complexity index is 707. The lowest BCUT2D eigenvalue weighted by atomic mass is 10.3. The van der Waals surface area contributed by atoms with Crippen molar-refractivity contribution in [1.82, 2.24) is 10.3 Å². The second-order valence-electron chi connectivity index (χ2n) is 4.99. The highest BCUT2D eigenvalue weighted by atomic mass is 32.2. The van der Waals surface area contributed by atoms with Crippen LogP contribution >= 0.6 is 0 Å². The van der Waals surface area contributed by atoms with Gasteiger partial charge in [0.15, 0.2) is 9.84 Å². The Morgan fingerprint density at radius 1 is 1.38 bits per heavy atom. The van der Waals surface area contributed by atoms with Crippen molar-refractivity contribution in [3.63, 3.8) is 0 Å². The van der Waals surface area contributed by atoms with Gasteiger partial charge in [0.1, 0.15) is 12.0 Å². The zero-order valence-electron chi connectivity index (χ0n) is 12.2. The highest BCUT2D eigenvalue weighted by molar-refractivity contribution is 7.90. The number of ether oxygens (including phenoxy) is 1. The maximum atomic E-state index is 11.5. The normalized spacial score (nSPS) is 11.8. The van der Waals surface area contributed by atoms with Gasteiger partial charge in [0.2, 0.25) is 0 Å². The van der Waals surface area contributed by atoms with Crippen molar-refractivity contribution in [2.75, 3.05) is 6.26 Å². The van der Waals surface area contributed by atoms with E-state index in [0.29, 0.717) is 18.3 Å². The van der Waals surface area contributed by atoms with E-state index >= 15 is 0 Å². The molecule has 2 aromatic rings. The molecule has 0 radical (unpaired) electrons. The summed E-state index contributed by atoms with van der Waals surface area (Å²) in [5, 5.41) is 3.21. The van der Waals surface area contributed by atoms with Gasteiger partial charge in [-0.25, -0.2) is 8.42 Å². The summed E-state index contributed by atoms with van der Waals surface area (Å²) in [6.45, 7) is 4.65. The van der Waals surface area contributed by atoms with Gasteiger partial charge in [-0.1, -0.05) is 19.9 Å². The third kappa shape index (κ3) is 4.57. The lowest BCUT2D eigenvalue weighted by molar-refractivity contribution is 0.330. The van der Waals surface area contributed by atoms with E-state index in [4.69, 9.17) is 9.15 Å². The van der Waals surface area contributed by atoms with Crippen molar-refractivity contribution >= 4 is 9.84 Å². The van der Waals surface area contributed by atoms with Crippen LogP contribution in [-0.4, -0.2) is 25.7 Å². The fraction of sp³-hybridized carbons (Fsp3) is 0.357. The van der Waals surface area contributed by atoms with Crippen molar-refractivity contribution in [2.24, 2.45) is 0 Å². The number of aromatic nitrogens is 1. The van der Waals surface area contributed by atoms with Gasteiger partial charge in [0.25, 0.3) is 0 Å². The van der Waals surface area contributed by atoms with Crippen molar-refractivity contribution in [1.29, 1.82) is 0 Å². The van der Waals surface area contributed by atoms with Gasteiger partial charge in [0, 0.05) is 18.8 Å². The van der Waals surface area contributed by atoms with Gasteiger partial charge in [-0.15, -0.1) is 0 Å². The molecule has 6 nitrogen and oxygen atoms in total. The van der Waals surface area contributed by atoms with E-state index in [1.165, 1.54) is 18.4 Å². The monoisotopic (exact) mass is 310 g/mol. The third-order valence-corrected chi connectivity index (χ3v) is 3.77. The Morgan fingerprint density at radius 2 is 2.14 bits per heavy atom. The highest BCUT2D eigenvalue weighted by Gasteiger charge is 2.11. The van der Waals surface area contributed by atoms with Gasteiger partial charge in [0.05, 0.1) is 10.6 Å². The Kier molecular flexibility index (Phi) is 4.64. The minimum atomic E-state index is -3.27. The van der Waals surface area contributed by atoms with Crippen LogP contribution in [-0.2, 0) is 16.4 Å². The van der Waals surface area contributed by atoms with E-state index < -0.39 is 9.84 Å². The second-order valence-corrected chi connectivity index (χ2v) is 7.01. The molecule has 0 amide bonds. The molecule has 1 heterocycles. The summed E-state index contributed by atoms with van der Waals surface area (Å²) in [4.78, 5) is 4.36. The quantitative estimate of drug-likeness (QED) is 0.882. The van der Waals surface area contributed by atoms with Gasteiger partial charge in [-0.2, -0.15) is 4.98 Å². The van der Waals surface area contributed by atoms with Crippen LogP contribution in [0.1, 0.15) is 19.5 Å². The van der Waals surface area contributed by atoms with Crippen LogP contribution < -0.4 is 10.1 Å². The van der Waals surface area contributed by atoms with Crippen LogP contribution in [0.3, 0.4) is 0 Å². The van der Waals surface area contributed by atoms with Crippen LogP contribution in [0, 0.1) is 0 Å². The number of benzene rings is 1. The number of oxazole rings is 1. The smallest absolute Gasteiger partial charge is 0.399 e. The van der Waals surface area contributed by atoms with E-state index in [0.717, 1.165) is 11.9 Å². The van der Waals surface area contributed by atoms with Crippen molar-refractivity contribution in [2.45, 2.75) is 31.3 Å². The van der Waals surface area contributed by atoms with Crippen LogP contribution in [0.5, 0.6) is 11.8 Å². The molecule has 7 heteroatoms. The maximum Gasteiger partial charge on any atom is 0.399 e. The molecule has 0 saturated heterocycles. The molecule has 0 atom stereocenters. The first-order valence-corrected chi connectivity index (χ1v) is 8.39. The van der Waals surface area contributed by atoms with Crippen molar-refractivity contribution < 1.29 is 17.6 Å². The zero-order valence-corrected chi connectivity index (χ0v) is 13.0. The van der Waals surface area contributed by atoms with Gasteiger partial charge >= 0.3 is 6.08 Å². The number of nitrogens with zero attached hydrogens (tertiary/aromatic N) is 1. The molecule has 0 aliphatic rings. The van der Waals surface area contributed by atoms with E-state index in [1.807, 2.05) is 13.8 Å². The first kappa shape index (κ1) is 15.5. The average molecular weight is 310 g/mol. The van der Waals surface area contributed by atoms with Crippen LogP contribution in [0.15, 0.2) is 39.8 Å². The summed E-state index contributed by atoms with van der Waals surface area (Å²) >= 11 is 0. The summed E-state index contributed by atoms with van der Waals surface area (Å²) in [6.07, 6.45) is 2.74. The molecule has 21 heavy (non-hydrogen) atoms. The summed E-state index contributed by atoms with van der Waals surface area (Å²) in [5.41, 5.74) is 0.720. The maximum absolute atomic E-state index is 11.5. The Hall–Kier alpha value is -1.86. The fourth-order valence-corrected chi connectivity index (χ4v) is 2.25. The van der Waals surface area contributed by atoms with E-state index in [1.54, 1.807) is 12.1 Å². The Labute approximate surface area is 124 Å². The molecular weight excluding hydrogens is 292 g/mol. The molecule has 0 saturated carbocycles. The third-order valence-electron chi connectivity index (χ3n) is 2.66. The largest absolute Gasteiger partial charge is 0.417 e. The molecule has 1 aromatic heterocycles. The first-order chi connectivity index (χ1) is 9.84. The van der Waals surface area contributed by atoms with Crippen molar-refractivity contribution in [3.8, 4) is 11.8 Å². The summed E-state index contributed by atoms with van der Waals surface area (Å²) in [5.74, 6) is 0.364. The Balaban J connectivity index is 2.08. The van der Waals surface area contributed by atoms with Gasteiger partial charge in [-0.05, 0) is 18.2 Å². The fourth-order valence-electron chi connectivity index (χ4n) is 1.59. The molecule has 114 valence electrons. The zero-order chi connectivity index (χ0) is 15.5. The molecule has 1 aromatic carbocycles. The SMILES string of the molecule is CC(C)NCc1coc(Oc2cccc(S(C)(=O)=O)c2)n1. The summed E-state index contributed by atoms with van der Waals surface area (Å²) in [6, 6.07) is 6.54. The summed E-state index contributed by atoms with van der Waals surface area (Å²) < 4.78 is 33.6. The molecule has 0 bridgehead atoms. The number of hydrogen-bond donors (Lipinski definition) is 1. The van der Waals surface area contributed by atoms with Gasteiger partial charge < -0.3 is 14.5 Å². The van der Waals surface area contributed by atoms with E-state index in [-0.39, 0.29) is 11.0 Å². The molecule has 0 unspecified atom stereocenters. The summed E-state index contributed by atoms with van der Waals surface area (Å²) in [7, 11) is -3.27. The molecule has 1 N–H and O–H groups in total.